The van der Waals surface area contributed by atoms with Crippen molar-refractivity contribution in [2.75, 3.05) is 11.9 Å². The van der Waals surface area contributed by atoms with E-state index in [0.29, 0.717) is 5.13 Å². The molecule has 5 nitrogen and oxygen atoms in total. The highest BCUT2D eigenvalue weighted by atomic mass is 35.5. The molecule has 0 unspecified atom stereocenters. The first-order valence-corrected chi connectivity index (χ1v) is 7.47. The fourth-order valence-electron chi connectivity index (χ4n) is 1.62. The molecule has 1 aliphatic carbocycles. The molecule has 1 aromatic heterocycles. The van der Waals surface area contributed by atoms with E-state index in [1.807, 2.05) is 6.92 Å². The molecular weight excluding hydrogens is 309 g/mol. The van der Waals surface area contributed by atoms with Gasteiger partial charge in [0.15, 0.2) is 9.97 Å². The molecule has 0 bridgehead atoms. The van der Waals surface area contributed by atoms with Gasteiger partial charge in [-0.3, -0.25) is 9.59 Å². The van der Waals surface area contributed by atoms with Crippen LogP contribution in [-0.2, 0) is 9.59 Å². The van der Waals surface area contributed by atoms with Gasteiger partial charge in [-0.05, 0) is 19.8 Å². The number of hydrogen-bond acceptors (Lipinski definition) is 4. The molecule has 1 aromatic rings. The average Bonchev–Trinajstić information content (AvgIpc) is 3.10. The van der Waals surface area contributed by atoms with E-state index < -0.39 is 10.7 Å². The lowest BCUT2D eigenvalue weighted by atomic mass is 10.4. The van der Waals surface area contributed by atoms with E-state index in [1.54, 1.807) is 6.20 Å². The molecule has 0 radical (unpaired) electrons. The molecule has 1 fully saturated rings. The van der Waals surface area contributed by atoms with Gasteiger partial charge in [-0.15, -0.1) is 11.3 Å². The van der Waals surface area contributed by atoms with Gasteiger partial charge >= 0.3 is 0 Å². The number of thiazole rings is 1. The fourth-order valence-corrected chi connectivity index (χ4v) is 2.56. The minimum absolute atomic E-state index is 0.0436. The summed E-state index contributed by atoms with van der Waals surface area (Å²) in [4.78, 5) is 29.0. The number of halogens is 2. The number of rotatable bonds is 5. The quantitative estimate of drug-likeness (QED) is 0.845. The topological polar surface area (TPSA) is 62.3 Å². The average molecular weight is 322 g/mol. The van der Waals surface area contributed by atoms with Gasteiger partial charge in [0.1, 0.15) is 6.54 Å². The van der Waals surface area contributed by atoms with Crippen LogP contribution in [0.15, 0.2) is 6.20 Å². The van der Waals surface area contributed by atoms with Gasteiger partial charge in [0.05, 0.1) is 0 Å². The molecule has 2 rings (SSSR count). The summed E-state index contributed by atoms with van der Waals surface area (Å²) in [5, 5.41) is 3.18. The molecular formula is C11H13Cl2N3O2S. The van der Waals surface area contributed by atoms with Crippen LogP contribution in [0.3, 0.4) is 0 Å². The van der Waals surface area contributed by atoms with Crippen LogP contribution in [0.4, 0.5) is 5.13 Å². The number of alkyl halides is 2. The first-order valence-electron chi connectivity index (χ1n) is 5.78. The van der Waals surface area contributed by atoms with E-state index in [9.17, 15) is 9.59 Å². The van der Waals surface area contributed by atoms with Gasteiger partial charge in [-0.25, -0.2) is 4.98 Å². The second kappa shape index (κ2) is 6.07. The maximum Gasteiger partial charge on any atom is 0.256 e. The monoisotopic (exact) mass is 321 g/mol. The van der Waals surface area contributed by atoms with E-state index in [2.05, 4.69) is 10.3 Å². The first kappa shape index (κ1) is 14.6. The van der Waals surface area contributed by atoms with Crippen molar-refractivity contribution in [2.24, 2.45) is 0 Å². The molecule has 104 valence electrons. The van der Waals surface area contributed by atoms with Crippen molar-refractivity contribution in [3.63, 3.8) is 0 Å². The molecule has 19 heavy (non-hydrogen) atoms. The highest BCUT2D eigenvalue weighted by Gasteiger charge is 2.35. The number of aryl methyl sites for hydroxylation is 1. The Labute approximate surface area is 124 Å². The second-order valence-electron chi connectivity index (χ2n) is 4.32. The molecule has 0 spiro atoms. The number of nitrogens with zero attached hydrogens (tertiary/aromatic N) is 2. The van der Waals surface area contributed by atoms with Crippen LogP contribution < -0.4 is 5.32 Å². The predicted octanol–water partition coefficient (Wildman–Crippen LogP) is 2.18. The third-order valence-corrected chi connectivity index (χ3v) is 3.84. The Morgan fingerprint density at radius 3 is 2.74 bits per heavy atom. The summed E-state index contributed by atoms with van der Waals surface area (Å²) in [6.45, 7) is 1.86. The summed E-state index contributed by atoms with van der Waals surface area (Å²) in [5.41, 5.74) is 0. The smallest absolute Gasteiger partial charge is 0.256 e. The number of aromatic nitrogens is 1. The van der Waals surface area contributed by atoms with Crippen LogP contribution in [0.2, 0.25) is 0 Å². The van der Waals surface area contributed by atoms with Crippen LogP contribution in [0.1, 0.15) is 17.7 Å². The summed E-state index contributed by atoms with van der Waals surface area (Å²) < 4.78 is 0. The van der Waals surface area contributed by atoms with Crippen molar-refractivity contribution in [2.45, 2.75) is 30.6 Å². The summed E-state index contributed by atoms with van der Waals surface area (Å²) in [7, 11) is 0. The summed E-state index contributed by atoms with van der Waals surface area (Å²) >= 11 is 12.5. The standard InChI is InChI=1S/C11H13Cl2N3O2S/c1-6-4-14-11(19-6)15-8(17)5-16(7-2-3-7)10(18)9(12)13/h4,7,9H,2-3,5H2,1H3,(H,14,15,17). The Morgan fingerprint density at radius 1 is 1.58 bits per heavy atom. The maximum absolute atomic E-state index is 11.9. The van der Waals surface area contributed by atoms with Crippen LogP contribution in [0, 0.1) is 6.92 Å². The van der Waals surface area contributed by atoms with Gasteiger partial charge in [0.2, 0.25) is 5.91 Å². The normalized spacial score (nSPS) is 14.5. The molecule has 1 N–H and O–H groups in total. The summed E-state index contributed by atoms with van der Waals surface area (Å²) in [6, 6.07) is 0.0799. The zero-order valence-corrected chi connectivity index (χ0v) is 12.6. The fraction of sp³-hybridized carbons (Fsp3) is 0.545. The number of hydrogen-bond donors (Lipinski definition) is 1. The van der Waals surface area contributed by atoms with E-state index in [0.717, 1.165) is 17.7 Å². The molecule has 0 atom stereocenters. The molecule has 1 saturated carbocycles. The first-order chi connectivity index (χ1) is 8.97. The van der Waals surface area contributed by atoms with Gasteiger partial charge in [-0.2, -0.15) is 0 Å². The van der Waals surface area contributed by atoms with Crippen molar-refractivity contribution in [3.8, 4) is 0 Å². The Bertz CT molecular complexity index is 488. The minimum atomic E-state index is -1.13. The van der Waals surface area contributed by atoms with Crippen LogP contribution >= 0.6 is 34.5 Å². The molecule has 8 heteroatoms. The lowest BCUT2D eigenvalue weighted by molar-refractivity contribution is -0.133. The van der Waals surface area contributed by atoms with Crippen LogP contribution in [0.5, 0.6) is 0 Å². The van der Waals surface area contributed by atoms with E-state index in [4.69, 9.17) is 23.2 Å². The largest absolute Gasteiger partial charge is 0.328 e. The van der Waals surface area contributed by atoms with Gasteiger partial charge < -0.3 is 10.2 Å². The molecule has 1 heterocycles. The highest BCUT2D eigenvalue weighted by molar-refractivity contribution is 7.15. The Balaban J connectivity index is 1.93. The number of nitrogens with one attached hydrogen (secondary N) is 1. The third-order valence-electron chi connectivity index (χ3n) is 2.64. The number of carbonyl (C=O) groups is 2. The lowest BCUT2D eigenvalue weighted by Crippen LogP contribution is -2.42. The molecule has 1 aliphatic rings. The van der Waals surface area contributed by atoms with Crippen molar-refractivity contribution in [1.82, 2.24) is 9.88 Å². The van der Waals surface area contributed by atoms with E-state index in [1.165, 1.54) is 16.2 Å². The summed E-state index contributed by atoms with van der Waals surface area (Å²) in [6.07, 6.45) is 3.45. The van der Waals surface area contributed by atoms with E-state index >= 15 is 0 Å². The number of amides is 2. The zero-order valence-electron chi connectivity index (χ0n) is 10.2. The second-order valence-corrected chi connectivity index (χ2v) is 6.65. The maximum atomic E-state index is 11.9. The van der Waals surface area contributed by atoms with Crippen LogP contribution in [0.25, 0.3) is 0 Å². The zero-order chi connectivity index (χ0) is 14.0. The Kier molecular flexibility index (Phi) is 4.65. The number of carbonyl (C=O) groups excluding carboxylic acids is 2. The highest BCUT2D eigenvalue weighted by Crippen LogP contribution is 2.28. The number of anilines is 1. The summed E-state index contributed by atoms with van der Waals surface area (Å²) in [5.74, 6) is -0.708. The van der Waals surface area contributed by atoms with E-state index in [-0.39, 0.29) is 18.5 Å². The Morgan fingerprint density at radius 2 is 2.26 bits per heavy atom. The SMILES string of the molecule is Cc1cnc(NC(=O)CN(C(=O)C(Cl)Cl)C2CC2)s1. The molecule has 0 aliphatic heterocycles. The van der Waals surface area contributed by atoms with Crippen molar-refractivity contribution >= 4 is 51.5 Å². The molecule has 0 saturated heterocycles. The predicted molar refractivity (Wildman–Crippen MR) is 75.7 cm³/mol. The molecule has 2 amide bonds. The van der Waals surface area contributed by atoms with Gasteiger partial charge in [-0.1, -0.05) is 23.2 Å². The van der Waals surface area contributed by atoms with Gasteiger partial charge in [0, 0.05) is 17.1 Å². The van der Waals surface area contributed by atoms with Crippen molar-refractivity contribution < 1.29 is 9.59 Å². The van der Waals surface area contributed by atoms with Gasteiger partial charge in [0.25, 0.3) is 5.91 Å². The molecule has 0 aromatic carbocycles. The minimum Gasteiger partial charge on any atom is -0.328 e. The lowest BCUT2D eigenvalue weighted by Gasteiger charge is -2.21. The van der Waals surface area contributed by atoms with Crippen molar-refractivity contribution in [3.05, 3.63) is 11.1 Å². The Hall–Kier alpha value is -0.850. The third kappa shape index (κ3) is 4.06. The van der Waals surface area contributed by atoms with Crippen LogP contribution in [-0.4, -0.2) is 39.1 Å². The van der Waals surface area contributed by atoms with Crippen molar-refractivity contribution in [1.29, 1.82) is 0 Å².